The van der Waals surface area contributed by atoms with E-state index in [0.29, 0.717) is 5.69 Å². The summed E-state index contributed by atoms with van der Waals surface area (Å²) in [6.45, 7) is 2.24. The molecule has 1 aromatic heterocycles. The number of hydrogen-bond donors (Lipinski definition) is 0. The average molecular weight is 624 g/mol. The molecule has 0 fully saturated rings. The molecule has 4 aromatic rings. The second-order valence-corrected chi connectivity index (χ2v) is 9.88. The van der Waals surface area contributed by atoms with Crippen LogP contribution in [0.3, 0.4) is 0 Å². The van der Waals surface area contributed by atoms with Crippen molar-refractivity contribution in [3.05, 3.63) is 111 Å². The number of halogens is 1. The number of ether oxygens (including phenoxy) is 3. The minimum atomic E-state index is -0.614. The van der Waals surface area contributed by atoms with Crippen LogP contribution in [0.5, 0.6) is 11.5 Å². The van der Waals surface area contributed by atoms with E-state index < -0.39 is 5.97 Å². The lowest BCUT2D eigenvalue weighted by Crippen LogP contribution is -2.26. The van der Waals surface area contributed by atoms with E-state index in [-0.39, 0.29) is 48.6 Å². The van der Waals surface area contributed by atoms with Crippen LogP contribution in [-0.4, -0.2) is 42.0 Å². The lowest BCUT2D eigenvalue weighted by Gasteiger charge is -2.16. The zero-order valence-electron chi connectivity index (χ0n) is 21.5. The fourth-order valence-corrected chi connectivity index (χ4v) is 4.25. The SMILES string of the molecule is CCOC(=O)c1c(OCc2ccccc2)c(OCc2ccccc2)c(C(=O)N(C)C)n1-c1ccc(I)cc1. The van der Waals surface area contributed by atoms with Gasteiger partial charge < -0.3 is 19.1 Å². The minimum absolute atomic E-state index is 0.0947. The smallest absolute Gasteiger partial charge is 0.359 e. The van der Waals surface area contributed by atoms with E-state index in [0.717, 1.165) is 14.7 Å². The number of hydrogen-bond acceptors (Lipinski definition) is 5. The summed E-state index contributed by atoms with van der Waals surface area (Å²) in [4.78, 5) is 28.6. The summed E-state index contributed by atoms with van der Waals surface area (Å²) in [5.74, 6) is -0.611. The van der Waals surface area contributed by atoms with Crippen LogP contribution < -0.4 is 9.47 Å². The van der Waals surface area contributed by atoms with Gasteiger partial charge in [-0.3, -0.25) is 9.36 Å². The normalized spacial score (nSPS) is 10.6. The Morgan fingerprint density at radius 2 is 1.26 bits per heavy atom. The molecule has 0 saturated heterocycles. The monoisotopic (exact) mass is 624 g/mol. The van der Waals surface area contributed by atoms with Crippen LogP contribution in [0, 0.1) is 3.57 Å². The van der Waals surface area contributed by atoms with Crippen LogP contribution in [0.15, 0.2) is 84.9 Å². The molecular formula is C30H29IN2O5. The van der Waals surface area contributed by atoms with Crippen LogP contribution in [0.2, 0.25) is 0 Å². The van der Waals surface area contributed by atoms with Crippen molar-refractivity contribution in [3.63, 3.8) is 0 Å². The number of amides is 1. The van der Waals surface area contributed by atoms with Gasteiger partial charge in [0.15, 0.2) is 22.9 Å². The second kappa shape index (κ2) is 12.6. The highest BCUT2D eigenvalue weighted by Crippen LogP contribution is 2.42. The van der Waals surface area contributed by atoms with E-state index >= 15 is 0 Å². The van der Waals surface area contributed by atoms with E-state index in [4.69, 9.17) is 14.2 Å². The topological polar surface area (TPSA) is 70.0 Å². The van der Waals surface area contributed by atoms with Crippen molar-refractivity contribution >= 4 is 34.5 Å². The van der Waals surface area contributed by atoms with Crippen molar-refractivity contribution < 1.29 is 23.8 Å². The molecule has 0 atom stereocenters. The first-order valence-corrected chi connectivity index (χ1v) is 13.3. The summed E-state index contributed by atoms with van der Waals surface area (Å²) in [6.07, 6.45) is 0. The van der Waals surface area contributed by atoms with Gasteiger partial charge in [-0.25, -0.2) is 4.79 Å². The van der Waals surface area contributed by atoms with Gasteiger partial charge in [0.05, 0.1) is 6.61 Å². The molecule has 3 aromatic carbocycles. The molecule has 0 spiro atoms. The lowest BCUT2D eigenvalue weighted by molar-refractivity contribution is 0.0511. The number of nitrogens with zero attached hydrogens (tertiary/aromatic N) is 2. The van der Waals surface area contributed by atoms with Crippen LogP contribution >= 0.6 is 22.6 Å². The molecule has 1 heterocycles. The summed E-state index contributed by atoms with van der Waals surface area (Å²) < 4.78 is 20.6. The molecular weight excluding hydrogens is 595 g/mol. The third kappa shape index (κ3) is 6.19. The van der Waals surface area contributed by atoms with Crippen LogP contribution in [0.4, 0.5) is 0 Å². The Morgan fingerprint density at radius 3 is 1.74 bits per heavy atom. The third-order valence-corrected chi connectivity index (χ3v) is 6.42. The third-order valence-electron chi connectivity index (χ3n) is 5.70. The molecule has 0 saturated carbocycles. The van der Waals surface area contributed by atoms with Gasteiger partial charge in [-0.2, -0.15) is 0 Å². The van der Waals surface area contributed by atoms with Crippen molar-refractivity contribution in [1.82, 2.24) is 9.47 Å². The Morgan fingerprint density at radius 1 is 0.763 bits per heavy atom. The van der Waals surface area contributed by atoms with Crippen molar-refractivity contribution in [1.29, 1.82) is 0 Å². The molecule has 0 aliphatic rings. The highest BCUT2D eigenvalue weighted by Gasteiger charge is 2.36. The predicted molar refractivity (Wildman–Crippen MR) is 154 cm³/mol. The number of esters is 1. The molecule has 196 valence electrons. The maximum atomic E-state index is 13.7. The Balaban J connectivity index is 1.95. The zero-order valence-corrected chi connectivity index (χ0v) is 23.7. The molecule has 7 nitrogen and oxygen atoms in total. The highest BCUT2D eigenvalue weighted by molar-refractivity contribution is 14.1. The van der Waals surface area contributed by atoms with Gasteiger partial charge in [-0.15, -0.1) is 0 Å². The summed E-state index contributed by atoms with van der Waals surface area (Å²) in [7, 11) is 3.31. The van der Waals surface area contributed by atoms with E-state index in [1.807, 2.05) is 84.9 Å². The largest absolute Gasteiger partial charge is 0.483 e. The fourth-order valence-electron chi connectivity index (χ4n) is 3.89. The summed E-state index contributed by atoms with van der Waals surface area (Å²) in [5.41, 5.74) is 2.69. The summed E-state index contributed by atoms with van der Waals surface area (Å²) in [5, 5.41) is 0. The molecule has 0 radical (unpaired) electrons. The van der Waals surface area contributed by atoms with Gasteiger partial charge in [0.1, 0.15) is 13.2 Å². The van der Waals surface area contributed by atoms with Gasteiger partial charge in [0.25, 0.3) is 5.91 Å². The molecule has 0 N–H and O–H groups in total. The first-order chi connectivity index (χ1) is 18.4. The number of aromatic nitrogens is 1. The Hall–Kier alpha value is -3.79. The average Bonchev–Trinajstić information content (AvgIpc) is 3.25. The molecule has 4 rings (SSSR count). The Kier molecular flexibility index (Phi) is 9.06. The van der Waals surface area contributed by atoms with Gasteiger partial charge in [0, 0.05) is 23.4 Å². The molecule has 0 aliphatic heterocycles. The molecule has 0 bridgehead atoms. The number of benzene rings is 3. The standard InChI is InChI=1S/C30H29IN2O5/c1-4-36-30(35)26-28(38-20-22-13-9-6-10-14-22)27(37-19-21-11-7-5-8-12-21)25(29(34)32(2)3)33(26)24-17-15-23(31)16-18-24/h5-18H,4,19-20H2,1-3H3. The van der Waals surface area contributed by atoms with Crippen molar-refractivity contribution in [3.8, 4) is 17.2 Å². The van der Waals surface area contributed by atoms with Gasteiger partial charge >= 0.3 is 5.97 Å². The van der Waals surface area contributed by atoms with Crippen molar-refractivity contribution in [2.24, 2.45) is 0 Å². The quantitative estimate of drug-likeness (QED) is 0.157. The Labute approximate surface area is 236 Å². The van der Waals surface area contributed by atoms with E-state index in [9.17, 15) is 9.59 Å². The lowest BCUT2D eigenvalue weighted by atomic mass is 10.2. The first-order valence-electron chi connectivity index (χ1n) is 12.2. The van der Waals surface area contributed by atoms with Gasteiger partial charge in [0.2, 0.25) is 0 Å². The van der Waals surface area contributed by atoms with Crippen molar-refractivity contribution in [2.75, 3.05) is 20.7 Å². The van der Waals surface area contributed by atoms with E-state index in [1.54, 1.807) is 25.6 Å². The summed E-state index contributed by atoms with van der Waals surface area (Å²) in [6, 6.07) is 26.7. The molecule has 0 aliphatic carbocycles. The van der Waals surface area contributed by atoms with Crippen molar-refractivity contribution in [2.45, 2.75) is 20.1 Å². The fraction of sp³-hybridized carbons (Fsp3) is 0.200. The molecule has 38 heavy (non-hydrogen) atoms. The first kappa shape index (κ1) is 27.3. The number of carbonyl (C=O) groups excluding carboxylic acids is 2. The number of rotatable bonds is 10. The van der Waals surface area contributed by atoms with E-state index in [2.05, 4.69) is 22.6 Å². The molecule has 1 amide bonds. The highest BCUT2D eigenvalue weighted by atomic mass is 127. The predicted octanol–water partition coefficient (Wildman–Crippen LogP) is 6.12. The zero-order chi connectivity index (χ0) is 27.1. The van der Waals surface area contributed by atoms with Crippen LogP contribution in [0.1, 0.15) is 39.0 Å². The summed E-state index contributed by atoms with van der Waals surface area (Å²) >= 11 is 2.21. The minimum Gasteiger partial charge on any atom is -0.483 e. The maximum absolute atomic E-state index is 13.7. The molecule has 0 unspecified atom stereocenters. The van der Waals surface area contributed by atoms with E-state index in [1.165, 1.54) is 4.90 Å². The number of carbonyl (C=O) groups is 2. The maximum Gasteiger partial charge on any atom is 0.359 e. The van der Waals surface area contributed by atoms with Gasteiger partial charge in [-0.1, -0.05) is 60.7 Å². The Bertz CT molecular complexity index is 1380. The van der Waals surface area contributed by atoms with Gasteiger partial charge in [-0.05, 0) is 64.9 Å². The van der Waals surface area contributed by atoms with Crippen LogP contribution in [-0.2, 0) is 18.0 Å². The second-order valence-electron chi connectivity index (χ2n) is 8.64. The van der Waals surface area contributed by atoms with Crippen LogP contribution in [0.25, 0.3) is 5.69 Å². The molecule has 8 heteroatoms.